The van der Waals surface area contributed by atoms with Crippen LogP contribution in [0.1, 0.15) is 61.2 Å². The van der Waals surface area contributed by atoms with Gasteiger partial charge >= 0.3 is 0 Å². The number of hydrogen-bond donors (Lipinski definition) is 0. The number of aromatic nitrogens is 3. The van der Waals surface area contributed by atoms with E-state index in [0.29, 0.717) is 12.3 Å². The predicted molar refractivity (Wildman–Crippen MR) is 134 cm³/mol. The van der Waals surface area contributed by atoms with Gasteiger partial charge < -0.3 is 4.90 Å². The summed E-state index contributed by atoms with van der Waals surface area (Å²) in [5.41, 5.74) is 7.17. The Morgan fingerprint density at radius 2 is 1.66 bits per heavy atom. The Hall–Kier alpha value is -3.01. The van der Waals surface area contributed by atoms with Crippen LogP contribution in [0.2, 0.25) is 0 Å². The largest absolute Gasteiger partial charge is 0.341 e. The number of benzene rings is 2. The maximum atomic E-state index is 4.90. The van der Waals surface area contributed by atoms with Gasteiger partial charge in [0.15, 0.2) is 5.82 Å². The van der Waals surface area contributed by atoms with Crippen LogP contribution >= 0.6 is 0 Å². The highest BCUT2D eigenvalue weighted by atomic mass is 15.3. The first-order valence-electron chi connectivity index (χ1n) is 11.8. The van der Waals surface area contributed by atoms with Crippen LogP contribution in [0.3, 0.4) is 0 Å². The van der Waals surface area contributed by atoms with Crippen molar-refractivity contribution in [2.45, 2.75) is 53.4 Å². The minimum Gasteiger partial charge on any atom is -0.341 e. The molecule has 4 heteroatoms. The van der Waals surface area contributed by atoms with Crippen molar-refractivity contribution in [2.75, 3.05) is 18.0 Å². The summed E-state index contributed by atoms with van der Waals surface area (Å²) in [7, 11) is 0. The monoisotopic (exact) mass is 426 g/mol. The zero-order valence-corrected chi connectivity index (χ0v) is 19.9. The first-order valence-corrected chi connectivity index (χ1v) is 11.8. The molecule has 3 aromatic rings. The van der Waals surface area contributed by atoms with E-state index in [4.69, 9.17) is 15.0 Å². The maximum Gasteiger partial charge on any atom is 0.229 e. The molecular formula is C28H34N4. The van der Waals surface area contributed by atoms with Gasteiger partial charge in [0.25, 0.3) is 0 Å². The SMILES string of the molecule is C=C(c1ccc(Cc2nc(-c3ccc(C)cc3)nc(N3CCCCC3)n2)cc1C)C(C)C. The fourth-order valence-corrected chi connectivity index (χ4v) is 4.24. The number of hydrogen-bond acceptors (Lipinski definition) is 4. The van der Waals surface area contributed by atoms with Crippen molar-refractivity contribution in [1.29, 1.82) is 0 Å². The second-order valence-corrected chi connectivity index (χ2v) is 9.29. The summed E-state index contributed by atoms with van der Waals surface area (Å²) in [6, 6.07) is 15.1. The zero-order valence-electron chi connectivity index (χ0n) is 19.9. The standard InChI is InChI=1S/C28H34N4/c1-19(2)22(5)25-14-11-23(17-21(25)4)18-26-29-27(24-12-9-20(3)10-13-24)31-28(30-26)32-15-7-6-8-16-32/h9-14,17,19H,5-8,15-16,18H2,1-4H3. The highest BCUT2D eigenvalue weighted by molar-refractivity contribution is 5.67. The van der Waals surface area contributed by atoms with E-state index < -0.39 is 0 Å². The highest BCUT2D eigenvalue weighted by Gasteiger charge is 2.17. The van der Waals surface area contributed by atoms with E-state index in [9.17, 15) is 0 Å². The maximum absolute atomic E-state index is 4.90. The molecule has 1 aliphatic heterocycles. The van der Waals surface area contributed by atoms with E-state index in [1.54, 1.807) is 0 Å². The van der Waals surface area contributed by atoms with Gasteiger partial charge in [0.05, 0.1) is 0 Å². The van der Waals surface area contributed by atoms with Crippen molar-refractivity contribution >= 4 is 11.5 Å². The molecule has 0 atom stereocenters. The molecule has 1 aliphatic rings. The summed E-state index contributed by atoms with van der Waals surface area (Å²) in [5.74, 6) is 2.84. The van der Waals surface area contributed by atoms with E-state index >= 15 is 0 Å². The molecule has 0 radical (unpaired) electrons. The highest BCUT2D eigenvalue weighted by Crippen LogP contribution is 2.26. The van der Waals surface area contributed by atoms with Crippen molar-refractivity contribution in [3.63, 3.8) is 0 Å². The van der Waals surface area contributed by atoms with Crippen molar-refractivity contribution in [3.05, 3.63) is 77.1 Å². The third kappa shape index (κ3) is 5.07. The van der Waals surface area contributed by atoms with Gasteiger partial charge in [0.2, 0.25) is 5.95 Å². The Bertz CT molecular complexity index is 1090. The second-order valence-electron chi connectivity index (χ2n) is 9.29. The van der Waals surface area contributed by atoms with Crippen LogP contribution in [0.25, 0.3) is 17.0 Å². The summed E-state index contributed by atoms with van der Waals surface area (Å²) < 4.78 is 0. The molecule has 0 N–H and O–H groups in total. The fourth-order valence-electron chi connectivity index (χ4n) is 4.24. The van der Waals surface area contributed by atoms with Crippen molar-refractivity contribution in [1.82, 2.24) is 15.0 Å². The molecule has 0 saturated carbocycles. The van der Waals surface area contributed by atoms with Gasteiger partial charge in [-0.2, -0.15) is 9.97 Å². The molecule has 2 heterocycles. The minimum absolute atomic E-state index is 0.437. The summed E-state index contributed by atoms with van der Waals surface area (Å²) in [6.07, 6.45) is 4.37. The smallest absolute Gasteiger partial charge is 0.229 e. The lowest BCUT2D eigenvalue weighted by Crippen LogP contribution is -2.31. The average molecular weight is 427 g/mol. The number of allylic oxidation sites excluding steroid dienone is 1. The van der Waals surface area contributed by atoms with Crippen LogP contribution in [0, 0.1) is 19.8 Å². The average Bonchev–Trinajstić information content (AvgIpc) is 2.79. The van der Waals surface area contributed by atoms with Gasteiger partial charge in [-0.15, -0.1) is 0 Å². The van der Waals surface area contributed by atoms with Gasteiger partial charge in [0.1, 0.15) is 5.82 Å². The molecule has 2 aromatic carbocycles. The zero-order chi connectivity index (χ0) is 22.7. The lowest BCUT2D eigenvalue weighted by Gasteiger charge is -2.27. The lowest BCUT2D eigenvalue weighted by molar-refractivity contribution is 0.566. The van der Waals surface area contributed by atoms with Gasteiger partial charge in [-0.05, 0) is 61.3 Å². The summed E-state index contributed by atoms with van der Waals surface area (Å²) in [4.78, 5) is 16.9. The van der Waals surface area contributed by atoms with E-state index in [1.165, 1.54) is 47.1 Å². The van der Waals surface area contributed by atoms with Crippen LogP contribution in [0.5, 0.6) is 0 Å². The van der Waals surface area contributed by atoms with Crippen molar-refractivity contribution < 1.29 is 0 Å². The lowest BCUT2D eigenvalue weighted by atomic mass is 9.92. The quantitative estimate of drug-likeness (QED) is 0.457. The Kier molecular flexibility index (Phi) is 6.69. The molecule has 166 valence electrons. The van der Waals surface area contributed by atoms with E-state index in [-0.39, 0.29) is 0 Å². The first-order chi connectivity index (χ1) is 15.4. The van der Waals surface area contributed by atoms with E-state index in [0.717, 1.165) is 36.3 Å². The number of anilines is 1. The Labute approximate surface area is 192 Å². The van der Waals surface area contributed by atoms with Gasteiger partial charge in [-0.25, -0.2) is 4.98 Å². The molecule has 0 spiro atoms. The van der Waals surface area contributed by atoms with Crippen LogP contribution in [-0.2, 0) is 6.42 Å². The number of piperidine rings is 1. The van der Waals surface area contributed by atoms with Crippen molar-refractivity contribution in [3.8, 4) is 11.4 Å². The molecule has 32 heavy (non-hydrogen) atoms. The number of aryl methyl sites for hydroxylation is 2. The third-order valence-corrected chi connectivity index (χ3v) is 6.31. The molecule has 4 nitrogen and oxygen atoms in total. The van der Waals surface area contributed by atoms with E-state index in [1.807, 2.05) is 0 Å². The first kappa shape index (κ1) is 22.2. The van der Waals surface area contributed by atoms with Crippen LogP contribution in [-0.4, -0.2) is 28.0 Å². The normalized spacial score (nSPS) is 14.1. The molecule has 1 saturated heterocycles. The van der Waals surface area contributed by atoms with Crippen LogP contribution < -0.4 is 4.90 Å². The van der Waals surface area contributed by atoms with Gasteiger partial charge in [-0.1, -0.05) is 68.5 Å². The Balaban J connectivity index is 1.68. The Morgan fingerprint density at radius 3 is 2.31 bits per heavy atom. The van der Waals surface area contributed by atoms with E-state index in [2.05, 4.69) is 81.6 Å². The molecule has 0 bridgehead atoms. The molecule has 1 aromatic heterocycles. The van der Waals surface area contributed by atoms with Gasteiger partial charge in [0, 0.05) is 25.1 Å². The molecule has 1 fully saturated rings. The van der Waals surface area contributed by atoms with Crippen LogP contribution in [0.4, 0.5) is 5.95 Å². The molecular weight excluding hydrogens is 392 g/mol. The summed E-state index contributed by atoms with van der Waals surface area (Å²) in [5, 5.41) is 0. The van der Waals surface area contributed by atoms with Crippen molar-refractivity contribution in [2.24, 2.45) is 5.92 Å². The fraction of sp³-hybridized carbons (Fsp3) is 0.393. The summed E-state index contributed by atoms with van der Waals surface area (Å²) in [6.45, 7) is 14.9. The Morgan fingerprint density at radius 1 is 0.938 bits per heavy atom. The van der Waals surface area contributed by atoms with Gasteiger partial charge in [-0.3, -0.25) is 0 Å². The minimum atomic E-state index is 0.437. The number of rotatable bonds is 6. The molecule has 4 rings (SSSR count). The van der Waals surface area contributed by atoms with Crippen LogP contribution in [0.15, 0.2) is 49.0 Å². The second kappa shape index (κ2) is 9.64. The predicted octanol–water partition coefficient (Wildman–Crippen LogP) is 6.41. The number of nitrogens with zero attached hydrogens (tertiary/aromatic N) is 4. The molecule has 0 aliphatic carbocycles. The molecule has 0 amide bonds. The topological polar surface area (TPSA) is 41.9 Å². The third-order valence-electron chi connectivity index (χ3n) is 6.31. The summed E-state index contributed by atoms with van der Waals surface area (Å²) >= 11 is 0. The molecule has 0 unspecified atom stereocenters.